The molecule has 2 saturated heterocycles. The standard InChI is InChI=1S/C24H26FN3O4S2/c25-19-7-1-4-10-22(19)34(30,31)27-13-11-17(12-14-27)23(29)28(16-18-6-5-15-32-18)24-26-20-8-2-3-9-21(20)33-24/h1-4,7-10,17-18H,5-6,11-16H2/t18-/m1/s1. The number of hydrogen-bond donors (Lipinski definition) is 0. The number of rotatable bonds is 6. The number of fused-ring (bicyclic) bond motifs is 1. The predicted molar refractivity (Wildman–Crippen MR) is 129 cm³/mol. The van der Waals surface area contributed by atoms with Crippen LogP contribution in [0.4, 0.5) is 9.52 Å². The topological polar surface area (TPSA) is 79.8 Å². The highest BCUT2D eigenvalue weighted by atomic mass is 32.2. The lowest BCUT2D eigenvalue weighted by Crippen LogP contribution is -2.46. The summed E-state index contributed by atoms with van der Waals surface area (Å²) in [4.78, 5) is 19.8. The zero-order valence-corrected chi connectivity index (χ0v) is 20.2. The molecular weight excluding hydrogens is 477 g/mol. The first-order chi connectivity index (χ1) is 16.4. The quantitative estimate of drug-likeness (QED) is 0.507. The van der Waals surface area contributed by atoms with Crippen LogP contribution in [0.2, 0.25) is 0 Å². The molecule has 2 aliphatic heterocycles. The molecule has 0 N–H and O–H groups in total. The molecule has 0 saturated carbocycles. The Hall–Kier alpha value is -2.40. The van der Waals surface area contributed by atoms with Gasteiger partial charge in [-0.25, -0.2) is 17.8 Å². The summed E-state index contributed by atoms with van der Waals surface area (Å²) < 4.78 is 48.1. The first-order valence-electron chi connectivity index (χ1n) is 11.5. The minimum absolute atomic E-state index is 0.0301. The minimum Gasteiger partial charge on any atom is -0.376 e. The van der Waals surface area contributed by atoms with E-state index >= 15 is 0 Å². The van der Waals surface area contributed by atoms with Gasteiger partial charge in [-0.2, -0.15) is 4.31 Å². The van der Waals surface area contributed by atoms with Crippen molar-refractivity contribution in [2.45, 2.75) is 36.7 Å². The van der Waals surface area contributed by atoms with Crippen LogP contribution in [0.1, 0.15) is 25.7 Å². The fraction of sp³-hybridized carbons (Fsp3) is 0.417. The SMILES string of the molecule is O=C(C1CCN(S(=O)(=O)c2ccccc2F)CC1)N(C[C@H]1CCCO1)c1nc2ccccc2s1. The van der Waals surface area contributed by atoms with Crippen molar-refractivity contribution in [1.29, 1.82) is 0 Å². The van der Waals surface area contributed by atoms with Gasteiger partial charge in [0.25, 0.3) is 0 Å². The van der Waals surface area contributed by atoms with E-state index in [-0.39, 0.29) is 35.9 Å². The molecule has 2 fully saturated rings. The maximum absolute atomic E-state index is 14.1. The highest BCUT2D eigenvalue weighted by Gasteiger charge is 2.36. The molecule has 1 atom stereocenters. The van der Waals surface area contributed by atoms with Crippen molar-refractivity contribution in [3.63, 3.8) is 0 Å². The van der Waals surface area contributed by atoms with Crippen molar-refractivity contribution in [2.75, 3.05) is 31.1 Å². The lowest BCUT2D eigenvalue weighted by Gasteiger charge is -2.33. The number of nitrogens with zero attached hydrogens (tertiary/aromatic N) is 3. The molecule has 10 heteroatoms. The molecule has 0 radical (unpaired) electrons. The van der Waals surface area contributed by atoms with Gasteiger partial charge in [-0.3, -0.25) is 9.69 Å². The van der Waals surface area contributed by atoms with E-state index in [4.69, 9.17) is 9.72 Å². The molecule has 1 aromatic heterocycles. The largest absolute Gasteiger partial charge is 0.376 e. The van der Waals surface area contributed by atoms with Gasteiger partial charge in [0.1, 0.15) is 10.7 Å². The number of aromatic nitrogens is 1. The van der Waals surface area contributed by atoms with Crippen molar-refractivity contribution in [2.24, 2.45) is 5.92 Å². The first-order valence-corrected chi connectivity index (χ1v) is 13.7. The Morgan fingerprint density at radius 1 is 1.12 bits per heavy atom. The summed E-state index contributed by atoms with van der Waals surface area (Å²) in [7, 11) is -3.95. The Kier molecular flexibility index (Phi) is 6.65. The molecule has 3 aromatic rings. The Bertz CT molecular complexity index is 1250. The number of anilines is 1. The minimum atomic E-state index is -3.95. The Balaban J connectivity index is 1.33. The van der Waals surface area contributed by atoms with E-state index < -0.39 is 15.8 Å². The van der Waals surface area contributed by atoms with Gasteiger partial charge in [-0.15, -0.1) is 0 Å². The van der Waals surface area contributed by atoms with Gasteiger partial charge < -0.3 is 4.74 Å². The van der Waals surface area contributed by atoms with Crippen molar-refractivity contribution in [1.82, 2.24) is 9.29 Å². The number of amides is 1. The third kappa shape index (κ3) is 4.59. The molecule has 180 valence electrons. The average Bonchev–Trinajstić information content (AvgIpc) is 3.52. The summed E-state index contributed by atoms with van der Waals surface area (Å²) in [6, 6.07) is 13.2. The molecule has 0 unspecified atom stereocenters. The van der Waals surface area contributed by atoms with Gasteiger partial charge in [0.2, 0.25) is 15.9 Å². The highest BCUT2D eigenvalue weighted by Crippen LogP contribution is 2.33. The molecule has 2 aromatic carbocycles. The highest BCUT2D eigenvalue weighted by molar-refractivity contribution is 7.89. The van der Waals surface area contributed by atoms with Crippen molar-refractivity contribution < 1.29 is 22.3 Å². The molecule has 5 rings (SSSR count). The molecule has 3 heterocycles. The van der Waals surface area contributed by atoms with Gasteiger partial charge >= 0.3 is 0 Å². The van der Waals surface area contributed by atoms with E-state index in [9.17, 15) is 17.6 Å². The van der Waals surface area contributed by atoms with Crippen LogP contribution in [-0.4, -0.2) is 56.0 Å². The number of sulfonamides is 1. The van der Waals surface area contributed by atoms with Gasteiger partial charge in [-0.05, 0) is 49.9 Å². The first kappa shape index (κ1) is 23.3. The fourth-order valence-corrected chi connectivity index (χ4v) is 7.10. The molecule has 7 nitrogen and oxygen atoms in total. The fourth-order valence-electron chi connectivity index (χ4n) is 4.59. The van der Waals surface area contributed by atoms with Gasteiger partial charge in [0, 0.05) is 25.6 Å². The summed E-state index contributed by atoms with van der Waals surface area (Å²) in [6.07, 6.45) is 2.59. The van der Waals surface area contributed by atoms with Crippen LogP contribution in [0.5, 0.6) is 0 Å². The molecule has 34 heavy (non-hydrogen) atoms. The van der Waals surface area contributed by atoms with Crippen LogP contribution in [0, 0.1) is 11.7 Å². The van der Waals surface area contributed by atoms with Crippen LogP contribution >= 0.6 is 11.3 Å². The third-order valence-electron chi connectivity index (χ3n) is 6.45. The zero-order chi connectivity index (χ0) is 23.7. The second-order valence-electron chi connectivity index (χ2n) is 8.66. The van der Waals surface area contributed by atoms with Crippen LogP contribution in [0.3, 0.4) is 0 Å². The summed E-state index contributed by atoms with van der Waals surface area (Å²) in [5, 5.41) is 0.642. The number of ether oxygens (including phenoxy) is 1. The third-order valence-corrected chi connectivity index (χ3v) is 9.44. The Morgan fingerprint density at radius 3 is 2.56 bits per heavy atom. The number of halogens is 1. The number of piperidine rings is 1. The van der Waals surface area contributed by atoms with Gasteiger partial charge in [0.05, 0.1) is 22.9 Å². The predicted octanol–water partition coefficient (Wildman–Crippen LogP) is 4.05. The maximum Gasteiger partial charge on any atom is 0.245 e. The molecule has 2 aliphatic rings. The number of thiazole rings is 1. The monoisotopic (exact) mass is 503 g/mol. The normalized spacial score (nSPS) is 20.1. The van der Waals surface area contributed by atoms with Gasteiger partial charge in [-0.1, -0.05) is 35.6 Å². The second kappa shape index (κ2) is 9.69. The van der Waals surface area contributed by atoms with E-state index in [1.165, 1.54) is 33.8 Å². The van der Waals surface area contributed by atoms with Crippen LogP contribution in [0.15, 0.2) is 53.4 Å². The van der Waals surface area contributed by atoms with Crippen molar-refractivity contribution >= 4 is 42.6 Å². The zero-order valence-electron chi connectivity index (χ0n) is 18.6. The Morgan fingerprint density at radius 2 is 1.85 bits per heavy atom. The molecule has 1 amide bonds. The van der Waals surface area contributed by atoms with Crippen LogP contribution < -0.4 is 4.90 Å². The Labute approximate surface area is 202 Å². The number of para-hydroxylation sites is 1. The summed E-state index contributed by atoms with van der Waals surface area (Å²) >= 11 is 1.48. The van der Waals surface area contributed by atoms with E-state index in [1.807, 2.05) is 24.3 Å². The molecule has 0 bridgehead atoms. The van der Waals surface area contributed by atoms with E-state index in [0.29, 0.717) is 31.1 Å². The lowest BCUT2D eigenvalue weighted by atomic mass is 9.96. The van der Waals surface area contributed by atoms with Crippen molar-refractivity contribution in [3.8, 4) is 0 Å². The lowest BCUT2D eigenvalue weighted by molar-refractivity contribution is -0.123. The maximum atomic E-state index is 14.1. The number of carbonyl (C=O) groups is 1. The number of hydrogen-bond acceptors (Lipinski definition) is 6. The summed E-state index contributed by atoms with van der Waals surface area (Å²) in [5.74, 6) is -1.16. The summed E-state index contributed by atoms with van der Waals surface area (Å²) in [6.45, 7) is 1.46. The summed E-state index contributed by atoms with van der Waals surface area (Å²) in [5.41, 5.74) is 0.846. The van der Waals surface area contributed by atoms with Crippen LogP contribution in [0.25, 0.3) is 10.2 Å². The van der Waals surface area contributed by atoms with E-state index in [1.54, 1.807) is 4.90 Å². The van der Waals surface area contributed by atoms with Crippen molar-refractivity contribution in [3.05, 3.63) is 54.3 Å². The molecular formula is C24H26FN3O4S2. The number of carbonyl (C=O) groups excluding carboxylic acids is 1. The second-order valence-corrected chi connectivity index (χ2v) is 11.6. The average molecular weight is 504 g/mol. The van der Waals surface area contributed by atoms with Crippen LogP contribution in [-0.2, 0) is 19.6 Å². The molecule has 0 aliphatic carbocycles. The smallest absolute Gasteiger partial charge is 0.245 e. The number of benzene rings is 2. The van der Waals surface area contributed by atoms with Gasteiger partial charge in [0.15, 0.2) is 5.13 Å². The van der Waals surface area contributed by atoms with E-state index in [0.717, 1.165) is 29.1 Å². The van der Waals surface area contributed by atoms with E-state index in [2.05, 4.69) is 0 Å². The molecule has 0 spiro atoms.